The first-order valence-electron chi connectivity index (χ1n) is 8.21. The second-order valence-corrected chi connectivity index (χ2v) is 6.08. The molecular weight excluding hydrogens is 349 g/mol. The molecule has 4 aromatic rings. The second-order valence-electron chi connectivity index (χ2n) is 6.08. The molecule has 0 aliphatic carbocycles. The molecule has 0 spiro atoms. The van der Waals surface area contributed by atoms with Gasteiger partial charge in [-0.05, 0) is 28.1 Å². The highest BCUT2D eigenvalue weighted by molar-refractivity contribution is 5.75. The number of hydrogen-bond donors (Lipinski definition) is 2. The molecule has 0 amide bonds. The number of fused-ring (bicyclic) bond motifs is 2. The Hall–Kier alpha value is -3.88. The van der Waals surface area contributed by atoms with E-state index in [-0.39, 0.29) is 11.4 Å². The van der Waals surface area contributed by atoms with Gasteiger partial charge in [0.1, 0.15) is 17.5 Å². The summed E-state index contributed by atoms with van der Waals surface area (Å²) in [5, 5.41) is 21.5. The van der Waals surface area contributed by atoms with Crippen molar-refractivity contribution in [1.29, 1.82) is 0 Å². The minimum atomic E-state index is -0.531. The first kappa shape index (κ1) is 15.4. The van der Waals surface area contributed by atoms with Crippen molar-refractivity contribution in [1.82, 2.24) is 30.4 Å². The number of nitrogens with zero attached hydrogens (tertiary/aromatic N) is 5. The SMILES string of the molecule is O=c1[nH]nc(-c2ccccc2)c2c1Nc1nnnn1[C@H]2c1ccc(F)cc1. The number of aromatic amines is 1. The first-order valence-corrected chi connectivity index (χ1v) is 8.21. The van der Waals surface area contributed by atoms with Gasteiger partial charge in [-0.1, -0.05) is 47.6 Å². The van der Waals surface area contributed by atoms with E-state index in [9.17, 15) is 9.18 Å². The molecule has 132 valence electrons. The van der Waals surface area contributed by atoms with Gasteiger partial charge < -0.3 is 5.32 Å². The predicted molar refractivity (Wildman–Crippen MR) is 95.0 cm³/mol. The molecular formula is C18H12FN7O. The normalized spacial score (nSPS) is 14.9. The fraction of sp³-hybridized carbons (Fsp3) is 0.0556. The van der Waals surface area contributed by atoms with E-state index in [1.807, 2.05) is 30.3 Å². The summed E-state index contributed by atoms with van der Waals surface area (Å²) in [6, 6.07) is 15.0. The average Bonchev–Trinajstić information content (AvgIpc) is 3.17. The molecule has 8 nitrogen and oxygen atoms in total. The van der Waals surface area contributed by atoms with E-state index in [1.165, 1.54) is 12.1 Å². The third-order valence-electron chi connectivity index (χ3n) is 4.50. The van der Waals surface area contributed by atoms with Gasteiger partial charge in [0.2, 0.25) is 5.95 Å². The van der Waals surface area contributed by atoms with Gasteiger partial charge in [0.15, 0.2) is 0 Å². The standard InChI is InChI=1S/C18H12FN7O/c19-12-8-6-11(7-9-12)16-13-14(10-4-2-1-3-5-10)21-22-17(27)15(13)20-18-23-24-25-26(16)18/h1-9,16H,(H,22,27)(H,20,23,25)/t16-/m0/s1. The minimum absolute atomic E-state index is 0.320. The Morgan fingerprint density at radius 3 is 2.59 bits per heavy atom. The predicted octanol–water partition coefficient (Wildman–Crippen LogP) is 2.26. The number of anilines is 2. The lowest BCUT2D eigenvalue weighted by molar-refractivity contribution is 0.564. The molecule has 5 rings (SSSR count). The van der Waals surface area contributed by atoms with E-state index >= 15 is 0 Å². The topological polar surface area (TPSA) is 101 Å². The lowest BCUT2D eigenvalue weighted by Crippen LogP contribution is -2.29. The highest BCUT2D eigenvalue weighted by atomic mass is 19.1. The number of benzene rings is 2. The molecule has 0 radical (unpaired) electrons. The monoisotopic (exact) mass is 361 g/mol. The van der Waals surface area contributed by atoms with Crippen LogP contribution in [0.2, 0.25) is 0 Å². The maximum atomic E-state index is 13.5. The molecule has 0 saturated carbocycles. The Balaban J connectivity index is 1.83. The van der Waals surface area contributed by atoms with Crippen molar-refractivity contribution in [2.75, 3.05) is 5.32 Å². The van der Waals surface area contributed by atoms with Crippen LogP contribution in [0.25, 0.3) is 11.3 Å². The zero-order valence-corrected chi connectivity index (χ0v) is 13.8. The van der Waals surface area contributed by atoms with Gasteiger partial charge in [0, 0.05) is 11.1 Å². The van der Waals surface area contributed by atoms with Gasteiger partial charge in [-0.3, -0.25) is 4.79 Å². The molecule has 0 saturated heterocycles. The lowest BCUT2D eigenvalue weighted by Gasteiger charge is -2.27. The van der Waals surface area contributed by atoms with Crippen molar-refractivity contribution in [3.63, 3.8) is 0 Å². The second kappa shape index (κ2) is 5.84. The van der Waals surface area contributed by atoms with E-state index in [1.54, 1.807) is 16.8 Å². The average molecular weight is 361 g/mol. The molecule has 0 fully saturated rings. The Morgan fingerprint density at radius 1 is 1.04 bits per heavy atom. The molecule has 27 heavy (non-hydrogen) atoms. The zero-order chi connectivity index (χ0) is 18.4. The number of rotatable bonds is 2. The van der Waals surface area contributed by atoms with Crippen LogP contribution in [-0.2, 0) is 0 Å². The van der Waals surface area contributed by atoms with Crippen molar-refractivity contribution < 1.29 is 4.39 Å². The van der Waals surface area contributed by atoms with Crippen molar-refractivity contribution in [2.45, 2.75) is 6.04 Å². The van der Waals surface area contributed by atoms with E-state index in [0.717, 1.165) is 11.1 Å². The molecule has 1 aliphatic heterocycles. The molecule has 0 bridgehead atoms. The van der Waals surface area contributed by atoms with Crippen molar-refractivity contribution in [3.8, 4) is 11.3 Å². The summed E-state index contributed by atoms with van der Waals surface area (Å²) in [6.45, 7) is 0. The van der Waals surface area contributed by atoms with Gasteiger partial charge in [0.05, 0.1) is 5.69 Å². The van der Waals surface area contributed by atoms with Gasteiger partial charge >= 0.3 is 0 Å². The number of H-pyrrole nitrogens is 1. The summed E-state index contributed by atoms with van der Waals surface area (Å²) >= 11 is 0. The minimum Gasteiger partial charge on any atom is -0.318 e. The van der Waals surface area contributed by atoms with Crippen molar-refractivity contribution in [3.05, 3.63) is 81.9 Å². The van der Waals surface area contributed by atoms with E-state index in [2.05, 4.69) is 31.0 Å². The van der Waals surface area contributed by atoms with Crippen LogP contribution in [0.3, 0.4) is 0 Å². The smallest absolute Gasteiger partial charge is 0.288 e. The number of aromatic nitrogens is 6. The summed E-state index contributed by atoms with van der Waals surface area (Å²) in [5.41, 5.74) is 2.71. The summed E-state index contributed by atoms with van der Waals surface area (Å²) in [6.07, 6.45) is 0. The fourth-order valence-corrected chi connectivity index (χ4v) is 3.31. The van der Waals surface area contributed by atoms with Crippen LogP contribution in [0.15, 0.2) is 59.4 Å². The van der Waals surface area contributed by atoms with Gasteiger partial charge in [-0.15, -0.1) is 0 Å². The van der Waals surface area contributed by atoms with Crippen LogP contribution in [-0.4, -0.2) is 30.4 Å². The number of halogens is 1. The summed E-state index contributed by atoms with van der Waals surface area (Å²) in [5.74, 6) is -0.0234. The van der Waals surface area contributed by atoms with Crippen LogP contribution < -0.4 is 10.9 Å². The van der Waals surface area contributed by atoms with Crippen molar-refractivity contribution >= 4 is 11.6 Å². The van der Waals surface area contributed by atoms with Crippen LogP contribution in [0.1, 0.15) is 17.2 Å². The summed E-state index contributed by atoms with van der Waals surface area (Å²) in [4.78, 5) is 12.5. The molecule has 2 aromatic carbocycles. The Morgan fingerprint density at radius 2 is 1.81 bits per heavy atom. The first-order chi connectivity index (χ1) is 13.2. The Bertz CT molecular complexity index is 1180. The van der Waals surface area contributed by atoms with Crippen LogP contribution in [0.4, 0.5) is 16.0 Å². The fourth-order valence-electron chi connectivity index (χ4n) is 3.31. The highest BCUT2D eigenvalue weighted by Crippen LogP contribution is 2.40. The van der Waals surface area contributed by atoms with Crippen LogP contribution in [0, 0.1) is 5.82 Å². The van der Waals surface area contributed by atoms with Crippen LogP contribution >= 0.6 is 0 Å². The van der Waals surface area contributed by atoms with E-state index in [4.69, 9.17) is 0 Å². The number of hydrogen-bond acceptors (Lipinski definition) is 6. The highest BCUT2D eigenvalue weighted by Gasteiger charge is 2.34. The molecule has 2 N–H and O–H groups in total. The summed E-state index contributed by atoms with van der Waals surface area (Å²) in [7, 11) is 0. The lowest BCUT2D eigenvalue weighted by atomic mass is 9.92. The largest absolute Gasteiger partial charge is 0.318 e. The maximum absolute atomic E-state index is 13.5. The zero-order valence-electron chi connectivity index (χ0n) is 13.8. The van der Waals surface area contributed by atoms with Gasteiger partial charge in [-0.2, -0.15) is 9.78 Å². The number of nitrogens with one attached hydrogen (secondary N) is 2. The summed E-state index contributed by atoms with van der Waals surface area (Å²) < 4.78 is 15.0. The van der Waals surface area contributed by atoms with E-state index in [0.29, 0.717) is 22.9 Å². The molecule has 1 atom stereocenters. The molecule has 0 unspecified atom stereocenters. The molecule has 1 aliphatic rings. The Labute approximate surface area is 151 Å². The third-order valence-corrected chi connectivity index (χ3v) is 4.50. The van der Waals surface area contributed by atoms with Gasteiger partial charge in [-0.25, -0.2) is 9.49 Å². The quantitative estimate of drug-likeness (QED) is 0.500. The Kier molecular flexibility index (Phi) is 3.32. The molecule has 3 heterocycles. The van der Waals surface area contributed by atoms with Crippen LogP contribution in [0.5, 0.6) is 0 Å². The van der Waals surface area contributed by atoms with E-state index < -0.39 is 6.04 Å². The third kappa shape index (κ3) is 2.40. The number of tetrazole rings is 1. The van der Waals surface area contributed by atoms with Crippen molar-refractivity contribution in [2.24, 2.45) is 0 Å². The maximum Gasteiger partial charge on any atom is 0.288 e. The molecule has 9 heteroatoms. The molecule has 2 aromatic heterocycles. The van der Waals surface area contributed by atoms with Gasteiger partial charge in [0.25, 0.3) is 5.56 Å².